The number of para-hydroxylation sites is 1. The van der Waals surface area contributed by atoms with Gasteiger partial charge in [0.25, 0.3) is 5.91 Å². The van der Waals surface area contributed by atoms with Gasteiger partial charge in [-0.2, -0.15) is 0 Å². The average molecular weight is 219 g/mol. The number of amides is 1. The van der Waals surface area contributed by atoms with E-state index in [0.717, 1.165) is 18.7 Å². The van der Waals surface area contributed by atoms with Crippen molar-refractivity contribution < 1.29 is 9.53 Å². The molecule has 1 unspecified atom stereocenters. The summed E-state index contributed by atoms with van der Waals surface area (Å²) in [6.07, 6.45) is 1.05. The van der Waals surface area contributed by atoms with Gasteiger partial charge in [-0.3, -0.25) is 4.79 Å². The number of nitrogens with zero attached hydrogens (tertiary/aromatic N) is 1. The Hall–Kier alpha value is -1.35. The van der Waals surface area contributed by atoms with Gasteiger partial charge in [0.15, 0.2) is 0 Å². The summed E-state index contributed by atoms with van der Waals surface area (Å²) < 4.78 is 4.92. The average Bonchev–Trinajstić information content (AvgIpc) is 2.28. The molecule has 1 amide bonds. The van der Waals surface area contributed by atoms with Crippen LogP contribution in [0.2, 0.25) is 0 Å². The number of hydrogen-bond acceptors (Lipinski definition) is 2. The van der Waals surface area contributed by atoms with Gasteiger partial charge in [0.1, 0.15) is 6.61 Å². The second-order valence-electron chi connectivity index (χ2n) is 4.38. The Bertz CT molecular complexity index is 389. The smallest absolute Gasteiger partial charge is 0.252 e. The van der Waals surface area contributed by atoms with E-state index in [1.807, 2.05) is 23.1 Å². The molecule has 0 saturated carbocycles. The van der Waals surface area contributed by atoms with Crippen molar-refractivity contribution in [2.75, 3.05) is 25.2 Å². The van der Waals surface area contributed by atoms with Crippen molar-refractivity contribution >= 4 is 11.6 Å². The molecule has 3 heteroatoms. The molecule has 1 aliphatic rings. The van der Waals surface area contributed by atoms with E-state index in [2.05, 4.69) is 13.0 Å². The largest absolute Gasteiger partial charge is 0.375 e. The normalized spacial score (nSPS) is 19.4. The highest BCUT2D eigenvalue weighted by Crippen LogP contribution is 2.29. The summed E-state index contributed by atoms with van der Waals surface area (Å²) in [7, 11) is 1.55. The highest BCUT2D eigenvalue weighted by molar-refractivity contribution is 5.95. The Kier molecular flexibility index (Phi) is 3.25. The van der Waals surface area contributed by atoms with Crippen LogP contribution in [0.3, 0.4) is 0 Å². The third-order valence-electron chi connectivity index (χ3n) is 2.91. The number of methoxy groups -OCH3 is 1. The first kappa shape index (κ1) is 11.1. The molecule has 2 rings (SSSR count). The summed E-state index contributed by atoms with van der Waals surface area (Å²) in [5.74, 6) is 0.553. The number of rotatable bonds is 2. The molecule has 0 saturated heterocycles. The molecule has 0 bridgehead atoms. The van der Waals surface area contributed by atoms with E-state index in [4.69, 9.17) is 4.74 Å². The monoisotopic (exact) mass is 219 g/mol. The van der Waals surface area contributed by atoms with E-state index in [1.165, 1.54) is 5.56 Å². The fourth-order valence-corrected chi connectivity index (χ4v) is 2.23. The molecule has 1 heterocycles. The Labute approximate surface area is 96.0 Å². The first-order valence-corrected chi connectivity index (χ1v) is 5.59. The number of benzene rings is 1. The molecule has 0 aromatic heterocycles. The minimum atomic E-state index is 0.0431. The maximum atomic E-state index is 11.9. The van der Waals surface area contributed by atoms with Crippen LogP contribution in [0.4, 0.5) is 5.69 Å². The molecular weight excluding hydrogens is 202 g/mol. The van der Waals surface area contributed by atoms with E-state index < -0.39 is 0 Å². The number of ether oxygens (including phenoxy) is 1. The molecule has 1 atom stereocenters. The zero-order chi connectivity index (χ0) is 11.5. The minimum Gasteiger partial charge on any atom is -0.375 e. The van der Waals surface area contributed by atoms with Crippen LogP contribution < -0.4 is 4.90 Å². The molecule has 0 aliphatic carbocycles. The maximum Gasteiger partial charge on any atom is 0.252 e. The summed E-state index contributed by atoms with van der Waals surface area (Å²) in [6, 6.07) is 8.10. The summed E-state index contributed by atoms with van der Waals surface area (Å²) in [4.78, 5) is 13.7. The van der Waals surface area contributed by atoms with Gasteiger partial charge in [-0.1, -0.05) is 25.1 Å². The molecule has 16 heavy (non-hydrogen) atoms. The highest BCUT2D eigenvalue weighted by Gasteiger charge is 2.25. The fourth-order valence-electron chi connectivity index (χ4n) is 2.23. The Balaban J connectivity index is 2.30. The molecule has 0 spiro atoms. The van der Waals surface area contributed by atoms with Crippen LogP contribution in [0, 0.1) is 5.92 Å². The Morgan fingerprint density at radius 2 is 2.25 bits per heavy atom. The lowest BCUT2D eigenvalue weighted by molar-refractivity contribution is -0.122. The number of anilines is 1. The summed E-state index contributed by atoms with van der Waals surface area (Å²) >= 11 is 0. The SMILES string of the molecule is COCC(=O)N1CC(C)Cc2ccccc21. The first-order chi connectivity index (χ1) is 7.72. The van der Waals surface area contributed by atoms with Crippen molar-refractivity contribution in [3.05, 3.63) is 29.8 Å². The van der Waals surface area contributed by atoms with Gasteiger partial charge in [0.2, 0.25) is 0 Å². The van der Waals surface area contributed by atoms with Crippen LogP contribution in [0.25, 0.3) is 0 Å². The van der Waals surface area contributed by atoms with Gasteiger partial charge in [-0.05, 0) is 24.0 Å². The van der Waals surface area contributed by atoms with Crippen LogP contribution in [0.15, 0.2) is 24.3 Å². The summed E-state index contributed by atoms with van der Waals surface area (Å²) in [5.41, 5.74) is 2.30. The molecule has 0 radical (unpaired) electrons. The minimum absolute atomic E-state index is 0.0431. The standard InChI is InChI=1S/C13H17NO2/c1-10-7-11-5-3-4-6-12(11)14(8-10)13(15)9-16-2/h3-6,10H,7-9H2,1-2H3. The molecule has 3 nitrogen and oxygen atoms in total. The van der Waals surface area contributed by atoms with Gasteiger partial charge in [0, 0.05) is 19.3 Å². The van der Waals surface area contributed by atoms with Gasteiger partial charge in [-0.15, -0.1) is 0 Å². The molecule has 0 N–H and O–H groups in total. The predicted molar refractivity (Wildman–Crippen MR) is 63.5 cm³/mol. The highest BCUT2D eigenvalue weighted by atomic mass is 16.5. The lowest BCUT2D eigenvalue weighted by Gasteiger charge is -2.33. The molecular formula is C13H17NO2. The number of carbonyl (C=O) groups is 1. The summed E-state index contributed by atoms with van der Waals surface area (Å²) in [6.45, 7) is 3.11. The predicted octanol–water partition coefficient (Wildman–Crippen LogP) is 1.86. The number of hydrogen-bond donors (Lipinski definition) is 0. The van der Waals surface area contributed by atoms with Crippen molar-refractivity contribution in [1.82, 2.24) is 0 Å². The van der Waals surface area contributed by atoms with E-state index >= 15 is 0 Å². The second-order valence-corrected chi connectivity index (χ2v) is 4.38. The molecule has 0 fully saturated rings. The van der Waals surface area contributed by atoms with Gasteiger partial charge in [-0.25, -0.2) is 0 Å². The van der Waals surface area contributed by atoms with E-state index in [1.54, 1.807) is 7.11 Å². The van der Waals surface area contributed by atoms with E-state index in [0.29, 0.717) is 5.92 Å². The Morgan fingerprint density at radius 1 is 1.50 bits per heavy atom. The molecule has 1 aromatic rings. The zero-order valence-corrected chi connectivity index (χ0v) is 9.77. The molecule has 1 aromatic carbocycles. The lowest BCUT2D eigenvalue weighted by Crippen LogP contribution is -2.41. The first-order valence-electron chi connectivity index (χ1n) is 5.59. The third kappa shape index (κ3) is 2.09. The zero-order valence-electron chi connectivity index (χ0n) is 9.77. The second kappa shape index (κ2) is 4.66. The van der Waals surface area contributed by atoms with Crippen molar-refractivity contribution in [2.45, 2.75) is 13.3 Å². The van der Waals surface area contributed by atoms with Gasteiger partial charge >= 0.3 is 0 Å². The Morgan fingerprint density at radius 3 is 3.00 bits per heavy atom. The van der Waals surface area contributed by atoms with E-state index in [-0.39, 0.29) is 12.5 Å². The van der Waals surface area contributed by atoms with Crippen molar-refractivity contribution in [3.8, 4) is 0 Å². The topological polar surface area (TPSA) is 29.5 Å². The van der Waals surface area contributed by atoms with Gasteiger partial charge < -0.3 is 9.64 Å². The fraction of sp³-hybridized carbons (Fsp3) is 0.462. The van der Waals surface area contributed by atoms with Crippen LogP contribution in [-0.2, 0) is 16.0 Å². The molecule has 86 valence electrons. The maximum absolute atomic E-state index is 11.9. The van der Waals surface area contributed by atoms with Crippen molar-refractivity contribution in [2.24, 2.45) is 5.92 Å². The molecule has 1 aliphatic heterocycles. The van der Waals surface area contributed by atoms with E-state index in [9.17, 15) is 4.79 Å². The summed E-state index contributed by atoms with van der Waals surface area (Å²) in [5, 5.41) is 0. The third-order valence-corrected chi connectivity index (χ3v) is 2.91. The van der Waals surface area contributed by atoms with Crippen LogP contribution in [0.1, 0.15) is 12.5 Å². The quantitative estimate of drug-likeness (QED) is 0.759. The van der Waals surface area contributed by atoms with Crippen molar-refractivity contribution in [1.29, 1.82) is 0 Å². The van der Waals surface area contributed by atoms with Crippen LogP contribution >= 0.6 is 0 Å². The number of fused-ring (bicyclic) bond motifs is 1. The number of carbonyl (C=O) groups excluding carboxylic acids is 1. The lowest BCUT2D eigenvalue weighted by atomic mass is 9.94. The van der Waals surface area contributed by atoms with Crippen molar-refractivity contribution in [3.63, 3.8) is 0 Å². The van der Waals surface area contributed by atoms with Gasteiger partial charge in [0.05, 0.1) is 0 Å². The van der Waals surface area contributed by atoms with Crippen LogP contribution in [0.5, 0.6) is 0 Å². The van der Waals surface area contributed by atoms with Crippen LogP contribution in [-0.4, -0.2) is 26.2 Å².